The molecule has 0 radical (unpaired) electrons. The third kappa shape index (κ3) is 3.31. The highest BCUT2D eigenvalue weighted by molar-refractivity contribution is 5.23. The van der Waals surface area contributed by atoms with E-state index in [1.54, 1.807) is 0 Å². The minimum absolute atomic E-state index is 0.115. The molecule has 0 amide bonds. The fourth-order valence-corrected chi connectivity index (χ4v) is 2.50. The van der Waals surface area contributed by atoms with Gasteiger partial charge >= 0.3 is 0 Å². The molecule has 1 aliphatic rings. The van der Waals surface area contributed by atoms with Crippen LogP contribution in [0.1, 0.15) is 31.7 Å². The first-order chi connectivity index (χ1) is 8.74. The highest BCUT2D eigenvalue weighted by Crippen LogP contribution is 2.20. The Balaban J connectivity index is 1.95. The van der Waals surface area contributed by atoms with Gasteiger partial charge in [-0.1, -0.05) is 36.8 Å². The summed E-state index contributed by atoms with van der Waals surface area (Å²) in [6, 6.07) is 10.7. The first-order valence-electron chi connectivity index (χ1n) is 6.89. The van der Waals surface area contributed by atoms with Crippen molar-refractivity contribution in [1.29, 1.82) is 0 Å². The zero-order chi connectivity index (χ0) is 12.8. The van der Waals surface area contributed by atoms with Gasteiger partial charge in [0.15, 0.2) is 0 Å². The summed E-state index contributed by atoms with van der Waals surface area (Å²) in [5, 5.41) is 16.7. The molecule has 18 heavy (non-hydrogen) atoms. The molecule has 0 aliphatic carbocycles. The summed E-state index contributed by atoms with van der Waals surface area (Å²) in [6.07, 6.45) is 3.82. The lowest BCUT2D eigenvalue weighted by Crippen LogP contribution is -2.50. The molecule has 2 atom stereocenters. The number of aliphatic hydroxyl groups excluding tert-OH is 1. The molecular weight excluding hydrogens is 224 g/mol. The van der Waals surface area contributed by atoms with E-state index in [1.165, 1.54) is 19.3 Å². The van der Waals surface area contributed by atoms with Gasteiger partial charge in [-0.05, 0) is 31.9 Å². The van der Waals surface area contributed by atoms with Crippen molar-refractivity contribution >= 4 is 0 Å². The predicted molar refractivity (Wildman–Crippen MR) is 74.5 cm³/mol. The molecule has 1 aliphatic heterocycles. The number of piperidine rings is 1. The number of rotatable bonds is 5. The Bertz CT molecular complexity index is 349. The van der Waals surface area contributed by atoms with E-state index >= 15 is 0 Å². The Morgan fingerprint density at radius 2 is 2.11 bits per heavy atom. The normalized spacial score (nSPS) is 23.6. The zero-order valence-electron chi connectivity index (χ0n) is 11.2. The number of hydrogen-bond acceptors (Lipinski definition) is 3. The molecule has 0 bridgehead atoms. The second-order valence-corrected chi connectivity index (χ2v) is 5.38. The average molecular weight is 248 g/mol. The van der Waals surface area contributed by atoms with Crippen LogP contribution in [0.5, 0.6) is 0 Å². The molecule has 1 saturated heterocycles. The van der Waals surface area contributed by atoms with Crippen molar-refractivity contribution in [2.75, 3.05) is 19.7 Å². The maximum atomic E-state index is 9.69. The van der Waals surface area contributed by atoms with Crippen LogP contribution >= 0.6 is 0 Å². The van der Waals surface area contributed by atoms with Crippen LogP contribution in [0.15, 0.2) is 30.3 Å². The van der Waals surface area contributed by atoms with Crippen LogP contribution < -0.4 is 10.6 Å². The molecule has 0 aromatic heterocycles. The Morgan fingerprint density at radius 1 is 1.33 bits per heavy atom. The molecule has 1 fully saturated rings. The van der Waals surface area contributed by atoms with Crippen LogP contribution in [-0.4, -0.2) is 30.8 Å². The lowest BCUT2D eigenvalue weighted by molar-refractivity contribution is 0.169. The zero-order valence-corrected chi connectivity index (χ0v) is 11.2. The maximum Gasteiger partial charge on any atom is 0.0652 e. The number of aliphatic hydroxyl groups is 1. The van der Waals surface area contributed by atoms with Crippen molar-refractivity contribution in [3.63, 3.8) is 0 Å². The second-order valence-electron chi connectivity index (χ2n) is 5.38. The van der Waals surface area contributed by atoms with Crippen LogP contribution in [0.4, 0.5) is 0 Å². The molecular formula is C15H24N2O. The van der Waals surface area contributed by atoms with E-state index in [2.05, 4.69) is 29.7 Å². The van der Waals surface area contributed by atoms with E-state index in [4.69, 9.17) is 0 Å². The molecule has 2 rings (SSSR count). The van der Waals surface area contributed by atoms with Gasteiger partial charge in [0.05, 0.1) is 12.1 Å². The molecule has 1 heterocycles. The van der Waals surface area contributed by atoms with Crippen molar-refractivity contribution < 1.29 is 5.11 Å². The molecule has 1 aromatic carbocycles. The molecule has 0 saturated carbocycles. The summed E-state index contributed by atoms with van der Waals surface area (Å²) in [6.45, 7) is 4.20. The van der Waals surface area contributed by atoms with Gasteiger partial charge in [0.2, 0.25) is 0 Å². The van der Waals surface area contributed by atoms with Gasteiger partial charge in [-0.3, -0.25) is 0 Å². The third-order valence-corrected chi connectivity index (χ3v) is 3.88. The Hall–Kier alpha value is -0.900. The molecule has 3 heteroatoms. The largest absolute Gasteiger partial charge is 0.394 e. The van der Waals surface area contributed by atoms with Gasteiger partial charge in [0, 0.05) is 12.6 Å². The van der Waals surface area contributed by atoms with Gasteiger partial charge in [-0.15, -0.1) is 0 Å². The minimum Gasteiger partial charge on any atom is -0.394 e. The van der Waals surface area contributed by atoms with Gasteiger partial charge in [0.1, 0.15) is 0 Å². The minimum atomic E-state index is -0.347. The van der Waals surface area contributed by atoms with Gasteiger partial charge in [-0.25, -0.2) is 0 Å². The van der Waals surface area contributed by atoms with E-state index in [1.807, 2.05) is 18.2 Å². The lowest BCUT2D eigenvalue weighted by atomic mass is 9.92. The van der Waals surface area contributed by atoms with Crippen LogP contribution in [0.25, 0.3) is 0 Å². The average Bonchev–Trinajstić information content (AvgIpc) is 2.47. The molecule has 2 unspecified atom stereocenters. The molecule has 0 spiro atoms. The summed E-state index contributed by atoms with van der Waals surface area (Å²) >= 11 is 0. The van der Waals surface area contributed by atoms with Crippen molar-refractivity contribution in [1.82, 2.24) is 10.6 Å². The van der Waals surface area contributed by atoms with E-state index in [0.29, 0.717) is 6.04 Å². The van der Waals surface area contributed by atoms with Crippen LogP contribution in [-0.2, 0) is 5.54 Å². The summed E-state index contributed by atoms with van der Waals surface area (Å²) in [4.78, 5) is 0. The monoisotopic (exact) mass is 248 g/mol. The van der Waals surface area contributed by atoms with Gasteiger partial charge in [0.25, 0.3) is 0 Å². The lowest BCUT2D eigenvalue weighted by Gasteiger charge is -2.33. The van der Waals surface area contributed by atoms with Crippen molar-refractivity contribution in [3.05, 3.63) is 35.9 Å². The maximum absolute atomic E-state index is 9.69. The summed E-state index contributed by atoms with van der Waals surface area (Å²) in [7, 11) is 0. The van der Waals surface area contributed by atoms with Crippen LogP contribution in [0, 0.1) is 0 Å². The Morgan fingerprint density at radius 3 is 2.72 bits per heavy atom. The molecule has 3 N–H and O–H groups in total. The van der Waals surface area contributed by atoms with Crippen LogP contribution in [0.3, 0.4) is 0 Å². The van der Waals surface area contributed by atoms with E-state index < -0.39 is 0 Å². The molecule has 1 aromatic rings. The summed E-state index contributed by atoms with van der Waals surface area (Å²) in [5.41, 5.74) is 0.795. The second kappa shape index (κ2) is 6.32. The summed E-state index contributed by atoms with van der Waals surface area (Å²) in [5.74, 6) is 0. The summed E-state index contributed by atoms with van der Waals surface area (Å²) < 4.78 is 0. The first-order valence-corrected chi connectivity index (χ1v) is 6.89. The smallest absolute Gasteiger partial charge is 0.0652 e. The van der Waals surface area contributed by atoms with E-state index in [0.717, 1.165) is 18.7 Å². The van der Waals surface area contributed by atoms with Crippen LogP contribution in [0.2, 0.25) is 0 Å². The number of hydrogen-bond donors (Lipinski definition) is 3. The van der Waals surface area contributed by atoms with E-state index in [-0.39, 0.29) is 12.1 Å². The SMILES string of the molecule is CC(CO)(NCC1CCCCN1)c1ccccc1. The van der Waals surface area contributed by atoms with Crippen molar-refractivity contribution in [3.8, 4) is 0 Å². The number of benzene rings is 1. The van der Waals surface area contributed by atoms with Crippen molar-refractivity contribution in [2.45, 2.75) is 37.8 Å². The predicted octanol–water partition coefficient (Wildman–Crippen LogP) is 1.63. The molecule has 100 valence electrons. The highest BCUT2D eigenvalue weighted by Gasteiger charge is 2.26. The third-order valence-electron chi connectivity index (χ3n) is 3.88. The Labute approximate surface area is 110 Å². The van der Waals surface area contributed by atoms with Gasteiger partial charge < -0.3 is 15.7 Å². The first kappa shape index (κ1) is 13.5. The molecule has 3 nitrogen and oxygen atoms in total. The highest BCUT2D eigenvalue weighted by atomic mass is 16.3. The number of nitrogens with one attached hydrogen (secondary N) is 2. The fraction of sp³-hybridized carbons (Fsp3) is 0.600. The van der Waals surface area contributed by atoms with E-state index in [9.17, 15) is 5.11 Å². The van der Waals surface area contributed by atoms with Gasteiger partial charge in [-0.2, -0.15) is 0 Å². The topological polar surface area (TPSA) is 44.3 Å². The fourth-order valence-electron chi connectivity index (χ4n) is 2.50. The van der Waals surface area contributed by atoms with Crippen molar-refractivity contribution in [2.24, 2.45) is 0 Å². The standard InChI is InChI=1S/C15H24N2O/c1-15(12-18,13-7-3-2-4-8-13)17-11-14-9-5-6-10-16-14/h2-4,7-8,14,16-18H,5-6,9-12H2,1H3. The quantitative estimate of drug-likeness (QED) is 0.742. The Kier molecular flexibility index (Phi) is 4.75.